The van der Waals surface area contributed by atoms with Crippen molar-refractivity contribution in [3.8, 4) is 5.75 Å². The van der Waals surface area contributed by atoms with E-state index in [9.17, 15) is 28.0 Å². The Kier molecular flexibility index (Phi) is 10.9. The zero-order valence-electron chi connectivity index (χ0n) is 18.0. The fourth-order valence-corrected chi connectivity index (χ4v) is 3.35. The molecule has 34 heavy (non-hydrogen) atoms. The first-order valence-corrected chi connectivity index (χ1v) is 10.8. The zero-order valence-corrected chi connectivity index (χ0v) is 18.9. The first-order valence-electron chi connectivity index (χ1n) is 9.83. The third-order valence-electron chi connectivity index (χ3n) is 4.02. The van der Waals surface area contributed by atoms with Crippen molar-refractivity contribution < 1.29 is 42.2 Å². The summed E-state index contributed by atoms with van der Waals surface area (Å²) in [6.45, 7) is -2.99. The molecule has 0 atom stereocenters. The second kappa shape index (κ2) is 13.9. The van der Waals surface area contributed by atoms with E-state index in [2.05, 4.69) is 10.1 Å². The van der Waals surface area contributed by atoms with Crippen molar-refractivity contribution in [3.05, 3.63) is 59.7 Å². The molecule has 0 fully saturated rings. The highest BCUT2D eigenvalue weighted by molar-refractivity contribution is 8.00. The quantitative estimate of drug-likeness (QED) is 0.261. The van der Waals surface area contributed by atoms with Crippen molar-refractivity contribution in [2.75, 3.05) is 32.6 Å². The van der Waals surface area contributed by atoms with Gasteiger partial charge in [-0.1, -0.05) is 12.1 Å². The molecule has 0 heterocycles. The molecule has 0 aliphatic heterocycles. The number of rotatable bonds is 12. The van der Waals surface area contributed by atoms with Crippen LogP contribution in [0.15, 0.2) is 53.4 Å². The molecular weight excluding hydrogens is 474 g/mol. The molecule has 0 unspecified atom stereocenters. The summed E-state index contributed by atoms with van der Waals surface area (Å²) in [5, 5.41) is 4.69. The number of nitrogens with one attached hydrogen (secondary N) is 2. The van der Waals surface area contributed by atoms with E-state index in [1.165, 1.54) is 25.3 Å². The molecule has 9 nitrogen and oxygen atoms in total. The number of thioether (sulfide) groups is 1. The van der Waals surface area contributed by atoms with Gasteiger partial charge in [0, 0.05) is 24.1 Å². The fraction of sp³-hybridized carbons (Fsp3) is 0.273. The van der Waals surface area contributed by atoms with E-state index in [0.29, 0.717) is 18.0 Å². The average molecular weight is 496 g/mol. The number of alkyl halides is 2. The molecule has 0 radical (unpaired) electrons. The summed E-state index contributed by atoms with van der Waals surface area (Å²) >= 11 is 1.12. The minimum Gasteiger partial charge on any atom is -0.452 e. The van der Waals surface area contributed by atoms with Gasteiger partial charge in [0.05, 0.1) is 17.9 Å². The first-order chi connectivity index (χ1) is 16.3. The van der Waals surface area contributed by atoms with Crippen molar-refractivity contribution in [1.29, 1.82) is 0 Å². The highest BCUT2D eigenvalue weighted by atomic mass is 32.2. The van der Waals surface area contributed by atoms with Gasteiger partial charge in [-0.25, -0.2) is 4.79 Å². The SMILES string of the molecule is COCCNC(=O)CSc1ccccc1C(=O)OCC(=O)NC(=O)c1ccc(OC(F)F)cc1. The van der Waals surface area contributed by atoms with Crippen LogP contribution in [-0.2, 0) is 19.1 Å². The van der Waals surface area contributed by atoms with E-state index in [1.54, 1.807) is 18.2 Å². The van der Waals surface area contributed by atoms with Gasteiger partial charge < -0.3 is 19.5 Å². The third-order valence-corrected chi connectivity index (χ3v) is 5.10. The van der Waals surface area contributed by atoms with E-state index in [1.807, 2.05) is 5.32 Å². The molecule has 0 aromatic heterocycles. The van der Waals surface area contributed by atoms with Crippen molar-refractivity contribution in [2.24, 2.45) is 0 Å². The molecular formula is C22H22F2N2O7S. The number of hydrogen-bond donors (Lipinski definition) is 2. The second-order valence-electron chi connectivity index (χ2n) is 6.48. The minimum atomic E-state index is -3.00. The number of halogens is 2. The Morgan fingerprint density at radius 2 is 1.71 bits per heavy atom. The summed E-state index contributed by atoms with van der Waals surface area (Å²) in [6, 6.07) is 11.1. The van der Waals surface area contributed by atoms with Gasteiger partial charge in [0.1, 0.15) is 5.75 Å². The number of ether oxygens (including phenoxy) is 3. The molecule has 2 aromatic carbocycles. The van der Waals surface area contributed by atoms with Crippen LogP contribution in [0.25, 0.3) is 0 Å². The van der Waals surface area contributed by atoms with E-state index >= 15 is 0 Å². The van der Waals surface area contributed by atoms with Crippen LogP contribution < -0.4 is 15.4 Å². The van der Waals surface area contributed by atoms with Gasteiger partial charge in [0.25, 0.3) is 11.8 Å². The molecule has 0 aliphatic carbocycles. The maximum Gasteiger partial charge on any atom is 0.387 e. The molecule has 2 N–H and O–H groups in total. The summed E-state index contributed by atoms with van der Waals surface area (Å²) in [7, 11) is 1.52. The molecule has 0 bridgehead atoms. The van der Waals surface area contributed by atoms with Crippen LogP contribution in [0, 0.1) is 0 Å². The lowest BCUT2D eigenvalue weighted by atomic mass is 10.2. The molecule has 0 saturated heterocycles. The predicted octanol–water partition coefficient (Wildman–Crippen LogP) is 2.26. The average Bonchev–Trinajstić information content (AvgIpc) is 2.81. The van der Waals surface area contributed by atoms with Crippen LogP contribution in [0.1, 0.15) is 20.7 Å². The summed E-state index contributed by atoms with van der Waals surface area (Å²) in [5.41, 5.74) is 0.178. The minimum absolute atomic E-state index is 0.0202. The van der Waals surface area contributed by atoms with Crippen molar-refractivity contribution in [1.82, 2.24) is 10.6 Å². The number of hydrogen-bond acceptors (Lipinski definition) is 8. The molecule has 2 aromatic rings. The number of carbonyl (C=O) groups excluding carboxylic acids is 4. The second-order valence-corrected chi connectivity index (χ2v) is 7.50. The van der Waals surface area contributed by atoms with Gasteiger partial charge in [-0.2, -0.15) is 8.78 Å². The van der Waals surface area contributed by atoms with Gasteiger partial charge in [-0.05, 0) is 36.4 Å². The number of imide groups is 1. The number of methoxy groups -OCH3 is 1. The van der Waals surface area contributed by atoms with Crippen LogP contribution in [0.2, 0.25) is 0 Å². The molecule has 3 amide bonds. The van der Waals surface area contributed by atoms with Crippen LogP contribution in [0.4, 0.5) is 8.78 Å². The monoisotopic (exact) mass is 496 g/mol. The van der Waals surface area contributed by atoms with E-state index in [-0.39, 0.29) is 28.5 Å². The van der Waals surface area contributed by atoms with Crippen molar-refractivity contribution in [3.63, 3.8) is 0 Å². The summed E-state index contributed by atoms with van der Waals surface area (Å²) in [4.78, 5) is 48.8. The number of esters is 1. The summed E-state index contributed by atoms with van der Waals surface area (Å²) in [6.07, 6.45) is 0. The Morgan fingerprint density at radius 3 is 2.38 bits per heavy atom. The zero-order chi connectivity index (χ0) is 24.9. The normalized spacial score (nSPS) is 10.5. The molecule has 182 valence electrons. The van der Waals surface area contributed by atoms with Gasteiger partial charge in [-0.3, -0.25) is 19.7 Å². The lowest BCUT2D eigenvalue weighted by Crippen LogP contribution is -2.34. The van der Waals surface area contributed by atoms with Crippen molar-refractivity contribution >= 4 is 35.5 Å². The van der Waals surface area contributed by atoms with Gasteiger partial charge in [0.2, 0.25) is 5.91 Å². The standard InChI is InChI=1S/C22H22F2N2O7S/c1-31-11-10-25-19(28)13-34-17-5-3-2-4-16(17)21(30)32-12-18(27)26-20(29)14-6-8-15(9-7-14)33-22(23)24/h2-9,22H,10-13H2,1H3,(H,25,28)(H,26,27,29). The van der Waals surface area contributed by atoms with E-state index in [0.717, 1.165) is 23.9 Å². The highest BCUT2D eigenvalue weighted by Crippen LogP contribution is 2.23. The Bertz CT molecular complexity index is 1000. The molecule has 0 aliphatic rings. The van der Waals surface area contributed by atoms with Crippen LogP contribution in [0.3, 0.4) is 0 Å². The molecule has 0 saturated carbocycles. The van der Waals surface area contributed by atoms with Gasteiger partial charge >= 0.3 is 12.6 Å². The summed E-state index contributed by atoms with van der Waals surface area (Å²) in [5.74, 6) is -2.81. The Labute approximate surface area is 198 Å². The smallest absolute Gasteiger partial charge is 0.387 e. The maximum atomic E-state index is 12.4. The Balaban J connectivity index is 1.85. The highest BCUT2D eigenvalue weighted by Gasteiger charge is 2.17. The van der Waals surface area contributed by atoms with Crippen LogP contribution in [-0.4, -0.2) is 62.9 Å². The molecule has 12 heteroatoms. The number of carbonyl (C=O) groups is 4. The lowest BCUT2D eigenvalue weighted by Gasteiger charge is -2.10. The van der Waals surface area contributed by atoms with E-state index in [4.69, 9.17) is 9.47 Å². The summed E-state index contributed by atoms with van der Waals surface area (Å²) < 4.78 is 38.4. The third kappa shape index (κ3) is 9.16. The topological polar surface area (TPSA) is 120 Å². The van der Waals surface area contributed by atoms with Gasteiger partial charge in [-0.15, -0.1) is 11.8 Å². The number of benzene rings is 2. The predicted molar refractivity (Wildman–Crippen MR) is 118 cm³/mol. The van der Waals surface area contributed by atoms with Crippen LogP contribution in [0.5, 0.6) is 5.75 Å². The largest absolute Gasteiger partial charge is 0.452 e. The van der Waals surface area contributed by atoms with Gasteiger partial charge in [0.15, 0.2) is 6.61 Å². The molecule has 0 spiro atoms. The fourth-order valence-electron chi connectivity index (χ4n) is 2.48. The Morgan fingerprint density at radius 1 is 1.00 bits per heavy atom. The van der Waals surface area contributed by atoms with Crippen molar-refractivity contribution in [2.45, 2.75) is 11.5 Å². The molecule has 2 rings (SSSR count). The van der Waals surface area contributed by atoms with E-state index < -0.39 is 31.0 Å². The number of amides is 3. The Hall–Kier alpha value is -3.51. The first kappa shape index (κ1) is 26.7. The van der Waals surface area contributed by atoms with Crippen LogP contribution >= 0.6 is 11.8 Å². The lowest BCUT2D eigenvalue weighted by molar-refractivity contribution is -0.123. The maximum absolute atomic E-state index is 12.4.